The first kappa shape index (κ1) is 12.6. The molecule has 19 heavy (non-hydrogen) atoms. The fourth-order valence-corrected chi connectivity index (χ4v) is 3.15. The van der Waals surface area contributed by atoms with Gasteiger partial charge in [-0.25, -0.2) is 4.98 Å². The molecular formula is C13H11BrN2O2S. The van der Waals surface area contributed by atoms with E-state index in [-0.39, 0.29) is 5.91 Å². The van der Waals surface area contributed by atoms with E-state index in [0.29, 0.717) is 18.8 Å². The highest BCUT2D eigenvalue weighted by atomic mass is 79.9. The van der Waals surface area contributed by atoms with Gasteiger partial charge < -0.3 is 10.1 Å². The molecule has 4 nitrogen and oxygen atoms in total. The number of nitrogens with zero attached hydrogens (tertiary/aromatic N) is 1. The van der Waals surface area contributed by atoms with E-state index in [0.717, 1.165) is 22.2 Å². The zero-order valence-corrected chi connectivity index (χ0v) is 12.4. The Labute approximate surface area is 122 Å². The highest BCUT2D eigenvalue weighted by Crippen LogP contribution is 2.32. The number of carbonyl (C=O) groups excluding carboxylic acids is 1. The second kappa shape index (κ2) is 5.30. The van der Waals surface area contributed by atoms with Crippen molar-refractivity contribution in [3.63, 3.8) is 0 Å². The van der Waals surface area contributed by atoms with Crippen LogP contribution < -0.4 is 10.1 Å². The average molecular weight is 339 g/mol. The lowest BCUT2D eigenvalue weighted by Crippen LogP contribution is -2.23. The molecule has 1 aliphatic heterocycles. The summed E-state index contributed by atoms with van der Waals surface area (Å²) in [5.74, 6) is 0.745. The first-order valence-corrected chi connectivity index (χ1v) is 7.58. The summed E-state index contributed by atoms with van der Waals surface area (Å²) in [4.78, 5) is 15.8. The first-order valence-electron chi connectivity index (χ1n) is 5.84. The van der Waals surface area contributed by atoms with Crippen LogP contribution in [0.4, 0.5) is 0 Å². The van der Waals surface area contributed by atoms with Crippen molar-refractivity contribution in [3.05, 3.63) is 44.3 Å². The second-order valence-electron chi connectivity index (χ2n) is 4.21. The van der Waals surface area contributed by atoms with Crippen molar-refractivity contribution in [2.24, 2.45) is 0 Å². The molecule has 2 aromatic rings. The number of aromatic nitrogens is 1. The van der Waals surface area contributed by atoms with Gasteiger partial charge in [-0.05, 0) is 17.7 Å². The normalized spacial score (nSPS) is 12.9. The fraction of sp³-hybridized carbons (Fsp3) is 0.231. The van der Waals surface area contributed by atoms with E-state index in [2.05, 4.69) is 32.3 Å². The van der Waals surface area contributed by atoms with Gasteiger partial charge in [0.2, 0.25) is 0 Å². The Morgan fingerprint density at radius 1 is 1.53 bits per heavy atom. The van der Waals surface area contributed by atoms with Crippen LogP contribution in [0.5, 0.6) is 5.75 Å². The van der Waals surface area contributed by atoms with E-state index in [1.807, 2.05) is 6.07 Å². The topological polar surface area (TPSA) is 51.2 Å². The Balaban J connectivity index is 1.76. The molecule has 1 aliphatic rings. The van der Waals surface area contributed by atoms with Crippen molar-refractivity contribution in [3.8, 4) is 5.75 Å². The van der Waals surface area contributed by atoms with Gasteiger partial charge in [0, 0.05) is 28.4 Å². The zero-order chi connectivity index (χ0) is 13.2. The zero-order valence-electron chi connectivity index (χ0n) is 9.98. The van der Waals surface area contributed by atoms with E-state index in [4.69, 9.17) is 4.74 Å². The van der Waals surface area contributed by atoms with Gasteiger partial charge in [0.15, 0.2) is 0 Å². The summed E-state index contributed by atoms with van der Waals surface area (Å²) in [6, 6.07) is 4.04. The number of ether oxygens (including phenoxy) is 1. The van der Waals surface area contributed by atoms with Gasteiger partial charge in [0.25, 0.3) is 5.91 Å². The molecule has 0 aliphatic carbocycles. The molecule has 0 spiro atoms. The van der Waals surface area contributed by atoms with E-state index in [9.17, 15) is 4.79 Å². The summed E-state index contributed by atoms with van der Waals surface area (Å²) in [5, 5.41) is 4.60. The molecule has 0 saturated carbocycles. The molecular weight excluding hydrogens is 328 g/mol. The van der Waals surface area contributed by atoms with Gasteiger partial charge in [-0.2, -0.15) is 0 Å². The standard InChI is InChI=1S/C13H11BrN2O2S/c14-10-3-8-1-2-18-12(8)9(4-10)5-15-13(17)11-6-19-7-16-11/h3-4,6-7H,1-2,5H2,(H,15,17). The van der Waals surface area contributed by atoms with Gasteiger partial charge in [-0.3, -0.25) is 4.79 Å². The molecule has 6 heteroatoms. The quantitative estimate of drug-likeness (QED) is 0.936. The predicted molar refractivity (Wildman–Crippen MR) is 76.6 cm³/mol. The van der Waals surface area contributed by atoms with Crippen LogP contribution >= 0.6 is 27.3 Å². The Morgan fingerprint density at radius 2 is 2.42 bits per heavy atom. The van der Waals surface area contributed by atoms with Crippen LogP contribution in [0, 0.1) is 0 Å². The molecule has 0 saturated heterocycles. The summed E-state index contributed by atoms with van der Waals surface area (Å²) < 4.78 is 6.63. The molecule has 0 fully saturated rings. The molecule has 3 rings (SSSR count). The molecule has 98 valence electrons. The summed E-state index contributed by atoms with van der Waals surface area (Å²) in [6.45, 7) is 1.15. The molecule has 0 atom stereocenters. The van der Waals surface area contributed by atoms with Crippen LogP contribution in [0.3, 0.4) is 0 Å². The van der Waals surface area contributed by atoms with Crippen molar-refractivity contribution in [1.29, 1.82) is 0 Å². The van der Waals surface area contributed by atoms with Crippen molar-refractivity contribution in [1.82, 2.24) is 10.3 Å². The SMILES string of the molecule is O=C(NCc1cc(Br)cc2c1OCC2)c1cscn1. The number of thiazole rings is 1. The van der Waals surface area contributed by atoms with Crippen LogP contribution in [0.2, 0.25) is 0 Å². The number of benzene rings is 1. The van der Waals surface area contributed by atoms with E-state index < -0.39 is 0 Å². The van der Waals surface area contributed by atoms with Crippen LogP contribution in [0.25, 0.3) is 0 Å². The summed E-state index contributed by atoms with van der Waals surface area (Å²) in [7, 11) is 0. The molecule has 0 radical (unpaired) electrons. The van der Waals surface area contributed by atoms with Crippen molar-refractivity contribution in [2.45, 2.75) is 13.0 Å². The molecule has 1 N–H and O–H groups in total. The number of hydrogen-bond acceptors (Lipinski definition) is 4. The largest absolute Gasteiger partial charge is 0.493 e. The molecule has 0 unspecified atom stereocenters. The third kappa shape index (κ3) is 2.64. The highest BCUT2D eigenvalue weighted by molar-refractivity contribution is 9.10. The average Bonchev–Trinajstić information content (AvgIpc) is 3.05. The maximum atomic E-state index is 11.8. The summed E-state index contributed by atoms with van der Waals surface area (Å²) >= 11 is 4.89. The van der Waals surface area contributed by atoms with E-state index >= 15 is 0 Å². The smallest absolute Gasteiger partial charge is 0.271 e. The first-order chi connectivity index (χ1) is 9.24. The molecule has 0 bridgehead atoms. The van der Waals surface area contributed by atoms with Crippen LogP contribution in [-0.4, -0.2) is 17.5 Å². The number of hydrogen-bond donors (Lipinski definition) is 1. The van der Waals surface area contributed by atoms with Gasteiger partial charge in [0.1, 0.15) is 11.4 Å². The molecule has 1 amide bonds. The maximum absolute atomic E-state index is 11.8. The van der Waals surface area contributed by atoms with Gasteiger partial charge >= 0.3 is 0 Å². The number of nitrogens with one attached hydrogen (secondary N) is 1. The van der Waals surface area contributed by atoms with Gasteiger partial charge in [0.05, 0.1) is 12.1 Å². The van der Waals surface area contributed by atoms with Crippen molar-refractivity contribution < 1.29 is 9.53 Å². The Bertz CT molecular complexity index is 613. The number of fused-ring (bicyclic) bond motifs is 1. The summed E-state index contributed by atoms with van der Waals surface area (Å²) in [5.41, 5.74) is 4.28. The lowest BCUT2D eigenvalue weighted by atomic mass is 10.1. The number of halogens is 1. The lowest BCUT2D eigenvalue weighted by Gasteiger charge is -2.09. The Kier molecular flexibility index (Phi) is 3.52. The van der Waals surface area contributed by atoms with Gasteiger partial charge in [-0.1, -0.05) is 15.9 Å². The maximum Gasteiger partial charge on any atom is 0.271 e. The third-order valence-electron chi connectivity index (χ3n) is 2.93. The van der Waals surface area contributed by atoms with Crippen molar-refractivity contribution >= 4 is 33.2 Å². The highest BCUT2D eigenvalue weighted by Gasteiger charge is 2.18. The monoisotopic (exact) mass is 338 g/mol. The van der Waals surface area contributed by atoms with Gasteiger partial charge in [-0.15, -0.1) is 11.3 Å². The van der Waals surface area contributed by atoms with E-state index in [1.54, 1.807) is 10.9 Å². The van der Waals surface area contributed by atoms with Crippen LogP contribution in [0.15, 0.2) is 27.5 Å². The number of carbonyl (C=O) groups is 1. The molecule has 2 heterocycles. The second-order valence-corrected chi connectivity index (χ2v) is 5.84. The van der Waals surface area contributed by atoms with Crippen LogP contribution in [-0.2, 0) is 13.0 Å². The minimum atomic E-state index is -0.159. The minimum Gasteiger partial charge on any atom is -0.493 e. The van der Waals surface area contributed by atoms with Crippen LogP contribution in [0.1, 0.15) is 21.6 Å². The fourth-order valence-electron chi connectivity index (χ4n) is 2.07. The predicted octanol–water partition coefficient (Wildman–Crippen LogP) is 2.77. The molecule has 1 aromatic carbocycles. The number of rotatable bonds is 3. The van der Waals surface area contributed by atoms with Crippen molar-refractivity contribution in [2.75, 3.05) is 6.61 Å². The summed E-state index contributed by atoms with van der Waals surface area (Å²) in [6.07, 6.45) is 0.918. The number of amides is 1. The lowest BCUT2D eigenvalue weighted by molar-refractivity contribution is 0.0946. The Hall–Kier alpha value is -1.40. The minimum absolute atomic E-state index is 0.159. The molecule has 1 aromatic heterocycles. The van der Waals surface area contributed by atoms with E-state index in [1.165, 1.54) is 16.9 Å². The Morgan fingerprint density at radius 3 is 3.21 bits per heavy atom. The third-order valence-corrected chi connectivity index (χ3v) is 3.97.